The second-order valence-corrected chi connectivity index (χ2v) is 4.21. The van der Waals surface area contributed by atoms with Gasteiger partial charge in [0.05, 0.1) is 7.11 Å². The van der Waals surface area contributed by atoms with Gasteiger partial charge in [-0.3, -0.25) is 9.63 Å². The molecule has 0 aliphatic rings. The highest BCUT2D eigenvalue weighted by Gasteiger charge is 2.10. The third-order valence-electron chi connectivity index (χ3n) is 2.93. The second-order valence-electron chi connectivity index (χ2n) is 4.21. The first-order valence-electron chi connectivity index (χ1n) is 6.15. The molecular weight excluding hydrogens is 242 g/mol. The van der Waals surface area contributed by atoms with Gasteiger partial charge in [0.1, 0.15) is 11.5 Å². The zero-order valence-corrected chi connectivity index (χ0v) is 11.1. The van der Waals surface area contributed by atoms with Crippen molar-refractivity contribution in [1.82, 2.24) is 5.06 Å². The Hall–Kier alpha value is -2.07. The van der Waals surface area contributed by atoms with E-state index in [-0.39, 0.29) is 5.91 Å². The van der Waals surface area contributed by atoms with Gasteiger partial charge >= 0.3 is 0 Å². The molecule has 0 saturated heterocycles. The predicted octanol–water partition coefficient (Wildman–Crippen LogP) is 2.90. The van der Waals surface area contributed by atoms with Crippen molar-refractivity contribution in [3.05, 3.63) is 48.2 Å². The number of hydroxylamine groups is 2. The van der Waals surface area contributed by atoms with E-state index in [4.69, 9.17) is 9.25 Å². The van der Waals surface area contributed by atoms with Crippen molar-refractivity contribution >= 4 is 5.91 Å². The van der Waals surface area contributed by atoms with Gasteiger partial charge in [-0.2, -0.15) is 0 Å². The summed E-state index contributed by atoms with van der Waals surface area (Å²) in [4.78, 5) is 16.4. The fourth-order valence-corrected chi connectivity index (χ4v) is 1.76. The molecule has 19 heavy (non-hydrogen) atoms. The molecule has 0 saturated carbocycles. The highest BCUT2D eigenvalue weighted by molar-refractivity contribution is 5.75. The zero-order valence-electron chi connectivity index (χ0n) is 11.1. The summed E-state index contributed by atoms with van der Waals surface area (Å²) < 4.78 is 5.72. The lowest BCUT2D eigenvalue weighted by Crippen LogP contribution is -2.25. The Bertz CT molecular complexity index is 533. The summed E-state index contributed by atoms with van der Waals surface area (Å²) in [6, 6.07) is 13.7. The van der Waals surface area contributed by atoms with Crippen molar-refractivity contribution in [2.75, 3.05) is 14.2 Å². The van der Waals surface area contributed by atoms with E-state index in [1.807, 2.05) is 42.5 Å². The molecule has 0 aliphatic carbocycles. The molecule has 1 heterocycles. The quantitative estimate of drug-likeness (QED) is 0.775. The summed E-state index contributed by atoms with van der Waals surface area (Å²) in [6.07, 6.45) is 0.936. The van der Waals surface area contributed by atoms with Gasteiger partial charge in [0.2, 0.25) is 5.91 Å². The van der Waals surface area contributed by atoms with Crippen LogP contribution in [0.1, 0.15) is 12.2 Å². The molecule has 2 rings (SSSR count). The maximum absolute atomic E-state index is 11.6. The van der Waals surface area contributed by atoms with Gasteiger partial charge in [0.25, 0.3) is 0 Å². The molecule has 1 amide bonds. The van der Waals surface area contributed by atoms with Crippen molar-refractivity contribution in [1.29, 1.82) is 0 Å². The van der Waals surface area contributed by atoms with Crippen LogP contribution >= 0.6 is 0 Å². The number of carbonyl (C=O) groups is 1. The van der Waals surface area contributed by atoms with Gasteiger partial charge in [0, 0.05) is 25.5 Å². The Morgan fingerprint density at radius 1 is 1.21 bits per heavy atom. The average Bonchev–Trinajstić information content (AvgIpc) is 2.93. The lowest BCUT2D eigenvalue weighted by atomic mass is 10.2. The summed E-state index contributed by atoms with van der Waals surface area (Å²) in [5.41, 5.74) is 1.04. The number of benzene rings is 1. The lowest BCUT2D eigenvalue weighted by molar-refractivity contribution is -0.168. The number of amides is 1. The van der Waals surface area contributed by atoms with E-state index in [9.17, 15) is 4.79 Å². The maximum Gasteiger partial charge on any atom is 0.246 e. The van der Waals surface area contributed by atoms with Crippen molar-refractivity contribution in [2.45, 2.75) is 12.8 Å². The maximum atomic E-state index is 11.6. The third-order valence-corrected chi connectivity index (χ3v) is 2.93. The van der Waals surface area contributed by atoms with Gasteiger partial charge in [-0.1, -0.05) is 30.3 Å². The van der Waals surface area contributed by atoms with Crippen LogP contribution in [-0.2, 0) is 16.1 Å². The van der Waals surface area contributed by atoms with Crippen LogP contribution in [0.4, 0.5) is 0 Å². The van der Waals surface area contributed by atoms with Crippen molar-refractivity contribution < 1.29 is 14.0 Å². The van der Waals surface area contributed by atoms with Crippen molar-refractivity contribution in [3.8, 4) is 11.3 Å². The van der Waals surface area contributed by atoms with Gasteiger partial charge in [-0.05, 0) is 12.1 Å². The SMILES string of the molecule is CON(C)C(=O)CCc1ccc(-c2ccccc2)o1. The minimum Gasteiger partial charge on any atom is -0.461 e. The Morgan fingerprint density at radius 3 is 2.63 bits per heavy atom. The molecule has 1 aromatic heterocycles. The second kappa shape index (κ2) is 6.20. The Morgan fingerprint density at radius 2 is 1.95 bits per heavy atom. The molecule has 0 radical (unpaired) electrons. The molecule has 4 nitrogen and oxygen atoms in total. The van der Waals surface area contributed by atoms with Crippen LogP contribution in [0.2, 0.25) is 0 Å². The van der Waals surface area contributed by atoms with Crippen LogP contribution in [0.3, 0.4) is 0 Å². The lowest BCUT2D eigenvalue weighted by Gasteiger charge is -2.12. The topological polar surface area (TPSA) is 42.7 Å². The van der Waals surface area contributed by atoms with Crippen LogP contribution in [0, 0.1) is 0 Å². The standard InChI is InChI=1S/C15H17NO3/c1-16(18-2)15(17)11-9-13-8-10-14(19-13)12-6-4-3-5-7-12/h3-8,10H,9,11H2,1-2H3. The van der Waals surface area contributed by atoms with Crippen LogP contribution in [0.25, 0.3) is 11.3 Å². The highest BCUT2D eigenvalue weighted by Crippen LogP contribution is 2.22. The van der Waals surface area contributed by atoms with Crippen LogP contribution < -0.4 is 0 Å². The molecule has 0 aliphatic heterocycles. The molecule has 0 spiro atoms. The first kappa shape index (κ1) is 13.4. The molecule has 0 bridgehead atoms. The van der Waals surface area contributed by atoms with Gasteiger partial charge in [-0.25, -0.2) is 5.06 Å². The van der Waals surface area contributed by atoms with Crippen molar-refractivity contribution in [2.24, 2.45) is 0 Å². The Kier molecular flexibility index (Phi) is 4.36. The fourth-order valence-electron chi connectivity index (χ4n) is 1.76. The van der Waals surface area contributed by atoms with E-state index >= 15 is 0 Å². The number of furan rings is 1. The average molecular weight is 259 g/mol. The number of hydrogen-bond donors (Lipinski definition) is 0. The first-order chi connectivity index (χ1) is 9.20. The summed E-state index contributed by atoms with van der Waals surface area (Å²) in [7, 11) is 3.07. The molecule has 0 N–H and O–H groups in total. The smallest absolute Gasteiger partial charge is 0.246 e. The number of nitrogens with zero attached hydrogens (tertiary/aromatic N) is 1. The number of carbonyl (C=O) groups excluding carboxylic acids is 1. The third kappa shape index (κ3) is 3.45. The molecule has 2 aromatic rings. The molecule has 0 fully saturated rings. The number of rotatable bonds is 5. The molecule has 100 valence electrons. The van der Waals surface area contributed by atoms with Crippen LogP contribution in [-0.4, -0.2) is 25.1 Å². The molecule has 0 unspecified atom stereocenters. The molecular formula is C15H17NO3. The van der Waals surface area contributed by atoms with Crippen LogP contribution in [0.5, 0.6) is 0 Å². The molecule has 4 heteroatoms. The minimum absolute atomic E-state index is 0.0693. The van der Waals surface area contributed by atoms with E-state index in [2.05, 4.69) is 0 Å². The van der Waals surface area contributed by atoms with E-state index in [1.165, 1.54) is 12.2 Å². The summed E-state index contributed by atoms with van der Waals surface area (Å²) in [5, 5.41) is 1.22. The summed E-state index contributed by atoms with van der Waals surface area (Å²) in [5.74, 6) is 1.56. The fraction of sp³-hybridized carbons (Fsp3) is 0.267. The van der Waals surface area contributed by atoms with E-state index in [0.717, 1.165) is 17.1 Å². The predicted molar refractivity (Wildman–Crippen MR) is 72.2 cm³/mol. The Balaban J connectivity index is 1.97. The van der Waals surface area contributed by atoms with Gasteiger partial charge in [0.15, 0.2) is 0 Å². The van der Waals surface area contributed by atoms with E-state index in [1.54, 1.807) is 7.05 Å². The minimum atomic E-state index is -0.0693. The van der Waals surface area contributed by atoms with Crippen molar-refractivity contribution in [3.63, 3.8) is 0 Å². The van der Waals surface area contributed by atoms with Gasteiger partial charge in [-0.15, -0.1) is 0 Å². The van der Waals surface area contributed by atoms with E-state index < -0.39 is 0 Å². The number of aryl methyl sites for hydroxylation is 1. The first-order valence-corrected chi connectivity index (χ1v) is 6.15. The monoisotopic (exact) mass is 259 g/mol. The summed E-state index contributed by atoms with van der Waals surface area (Å²) in [6.45, 7) is 0. The van der Waals surface area contributed by atoms with E-state index in [0.29, 0.717) is 12.8 Å². The molecule has 1 aromatic carbocycles. The highest BCUT2D eigenvalue weighted by atomic mass is 16.7. The normalized spacial score (nSPS) is 10.4. The summed E-state index contributed by atoms with van der Waals surface area (Å²) >= 11 is 0. The molecule has 0 atom stereocenters. The van der Waals surface area contributed by atoms with Crippen LogP contribution in [0.15, 0.2) is 46.9 Å². The van der Waals surface area contributed by atoms with Gasteiger partial charge < -0.3 is 4.42 Å². The number of hydrogen-bond acceptors (Lipinski definition) is 3. The largest absolute Gasteiger partial charge is 0.461 e. The Labute approximate surface area is 112 Å². The zero-order chi connectivity index (χ0) is 13.7.